The summed E-state index contributed by atoms with van der Waals surface area (Å²) in [5.74, 6) is -0.363. The maximum atomic E-state index is 12.5. The summed E-state index contributed by atoms with van der Waals surface area (Å²) in [6.45, 7) is 2.12. The summed E-state index contributed by atoms with van der Waals surface area (Å²) in [5, 5.41) is 9.96. The second-order valence-electron chi connectivity index (χ2n) is 6.41. The van der Waals surface area contributed by atoms with Crippen molar-refractivity contribution in [2.24, 2.45) is 0 Å². The van der Waals surface area contributed by atoms with E-state index in [9.17, 15) is 4.79 Å². The van der Waals surface area contributed by atoms with Crippen LogP contribution in [0.25, 0.3) is 33.2 Å². The third-order valence-electron chi connectivity index (χ3n) is 4.69. The van der Waals surface area contributed by atoms with Gasteiger partial charge in [-0.3, -0.25) is 0 Å². The van der Waals surface area contributed by atoms with Gasteiger partial charge in [-0.25, -0.2) is 4.79 Å². The van der Waals surface area contributed by atoms with Gasteiger partial charge in [-0.15, -0.1) is 0 Å². The molecule has 0 bridgehead atoms. The van der Waals surface area contributed by atoms with Gasteiger partial charge in [0.2, 0.25) is 0 Å². The predicted octanol–water partition coefficient (Wildman–Crippen LogP) is 5.55. The summed E-state index contributed by atoms with van der Waals surface area (Å²) in [6, 6.07) is 25.5. The number of esters is 1. The van der Waals surface area contributed by atoms with Crippen molar-refractivity contribution in [1.29, 1.82) is 5.26 Å². The monoisotopic (exact) mass is 366 g/mol. The molecule has 0 aliphatic rings. The molecule has 0 aliphatic carbocycles. The van der Waals surface area contributed by atoms with Crippen molar-refractivity contribution in [1.82, 2.24) is 4.98 Å². The van der Waals surface area contributed by atoms with Gasteiger partial charge < -0.3 is 9.72 Å². The highest BCUT2D eigenvalue weighted by Gasteiger charge is 2.20. The molecule has 4 nitrogen and oxygen atoms in total. The number of rotatable bonds is 4. The Morgan fingerprint density at radius 3 is 2.36 bits per heavy atom. The zero-order valence-electron chi connectivity index (χ0n) is 15.4. The van der Waals surface area contributed by atoms with Crippen molar-refractivity contribution in [3.05, 3.63) is 84.1 Å². The molecule has 0 atom stereocenters. The third kappa shape index (κ3) is 3.15. The molecule has 1 N–H and O–H groups in total. The molecule has 0 saturated carbocycles. The molecule has 136 valence electrons. The lowest BCUT2D eigenvalue weighted by Crippen LogP contribution is -2.06. The lowest BCUT2D eigenvalue weighted by molar-refractivity contribution is 0.0521. The number of H-pyrrole nitrogens is 1. The van der Waals surface area contributed by atoms with Crippen molar-refractivity contribution in [3.63, 3.8) is 0 Å². The van der Waals surface area contributed by atoms with Crippen molar-refractivity contribution in [2.45, 2.75) is 6.92 Å². The maximum absolute atomic E-state index is 12.5. The van der Waals surface area contributed by atoms with E-state index >= 15 is 0 Å². The number of ether oxygens (including phenoxy) is 1. The van der Waals surface area contributed by atoms with E-state index < -0.39 is 0 Å². The number of carbonyl (C=O) groups is 1. The Balaban J connectivity index is 1.92. The number of aromatic nitrogens is 1. The van der Waals surface area contributed by atoms with Crippen LogP contribution in [0.1, 0.15) is 23.0 Å². The Hall–Kier alpha value is -3.84. The Morgan fingerprint density at radius 2 is 1.68 bits per heavy atom. The highest BCUT2D eigenvalue weighted by atomic mass is 16.5. The topological polar surface area (TPSA) is 65.9 Å². The zero-order valence-corrected chi connectivity index (χ0v) is 15.4. The van der Waals surface area contributed by atoms with E-state index in [4.69, 9.17) is 10.00 Å². The number of fused-ring (bicyclic) bond motifs is 1. The fourth-order valence-electron chi connectivity index (χ4n) is 3.37. The van der Waals surface area contributed by atoms with E-state index in [1.807, 2.05) is 54.6 Å². The molecule has 4 aromatic rings. The molecule has 1 heterocycles. The van der Waals surface area contributed by atoms with Gasteiger partial charge >= 0.3 is 5.97 Å². The van der Waals surface area contributed by atoms with Gasteiger partial charge in [0.15, 0.2) is 0 Å². The highest BCUT2D eigenvalue weighted by Crippen LogP contribution is 2.35. The number of nitrogens with zero attached hydrogens (tertiary/aromatic N) is 1. The summed E-state index contributed by atoms with van der Waals surface area (Å²) in [4.78, 5) is 15.8. The first-order valence-corrected chi connectivity index (χ1v) is 9.10. The molecule has 1 aromatic heterocycles. The Morgan fingerprint density at radius 1 is 0.964 bits per heavy atom. The lowest BCUT2D eigenvalue weighted by atomic mass is 9.98. The van der Waals surface area contributed by atoms with Gasteiger partial charge in [-0.2, -0.15) is 5.26 Å². The average molecular weight is 366 g/mol. The number of nitrogens with one attached hydrogen (secondary N) is 1. The molecular formula is C24H18N2O2. The van der Waals surface area contributed by atoms with Gasteiger partial charge in [-0.1, -0.05) is 48.5 Å². The standard InChI is InChI=1S/C24H18N2O2/c1-2-28-24(27)23-22(18-6-4-3-5-7-18)20-14-19(12-13-21(20)26-23)17-10-8-16(15-25)9-11-17/h3-14,26H,2H2,1H3. The molecule has 0 unspecified atom stereocenters. The van der Waals surface area contributed by atoms with Crippen LogP contribution in [0, 0.1) is 11.3 Å². The van der Waals surface area contributed by atoms with E-state index in [0.717, 1.165) is 33.2 Å². The molecule has 0 fully saturated rings. The molecule has 0 amide bonds. The van der Waals surface area contributed by atoms with E-state index in [2.05, 4.69) is 17.1 Å². The van der Waals surface area contributed by atoms with Crippen LogP contribution in [-0.2, 0) is 4.74 Å². The van der Waals surface area contributed by atoms with Crippen LogP contribution < -0.4 is 0 Å². The molecule has 4 rings (SSSR count). The van der Waals surface area contributed by atoms with Crippen LogP contribution in [0.3, 0.4) is 0 Å². The number of nitriles is 1. The summed E-state index contributed by atoms with van der Waals surface area (Å²) >= 11 is 0. The van der Waals surface area contributed by atoms with Gasteiger partial charge in [-0.05, 0) is 47.9 Å². The molecule has 3 aromatic carbocycles. The van der Waals surface area contributed by atoms with Gasteiger partial charge in [0, 0.05) is 16.5 Å². The fourth-order valence-corrected chi connectivity index (χ4v) is 3.37. The van der Waals surface area contributed by atoms with E-state index in [1.54, 1.807) is 19.1 Å². The number of hydrogen-bond acceptors (Lipinski definition) is 3. The van der Waals surface area contributed by atoms with E-state index in [0.29, 0.717) is 17.9 Å². The molecule has 0 spiro atoms. The Bertz CT molecular complexity index is 1180. The fraction of sp³-hybridized carbons (Fsp3) is 0.0833. The zero-order chi connectivity index (χ0) is 19.5. The molecule has 0 radical (unpaired) electrons. The summed E-state index contributed by atoms with van der Waals surface area (Å²) in [6.07, 6.45) is 0. The molecular weight excluding hydrogens is 348 g/mol. The molecule has 0 saturated heterocycles. The predicted molar refractivity (Wildman–Crippen MR) is 110 cm³/mol. The van der Waals surface area contributed by atoms with Crippen molar-refractivity contribution < 1.29 is 9.53 Å². The Labute approximate surface area is 163 Å². The third-order valence-corrected chi connectivity index (χ3v) is 4.69. The molecule has 4 heteroatoms. The minimum absolute atomic E-state index is 0.318. The summed E-state index contributed by atoms with van der Waals surface area (Å²) < 4.78 is 5.26. The number of carbonyl (C=O) groups excluding carboxylic acids is 1. The normalized spacial score (nSPS) is 10.6. The highest BCUT2D eigenvalue weighted by molar-refractivity contribution is 6.08. The quantitative estimate of drug-likeness (QED) is 0.482. The first-order chi connectivity index (χ1) is 13.7. The average Bonchev–Trinajstić information content (AvgIpc) is 3.13. The second kappa shape index (κ2) is 7.42. The molecule has 0 aliphatic heterocycles. The van der Waals surface area contributed by atoms with E-state index in [-0.39, 0.29) is 5.97 Å². The van der Waals surface area contributed by atoms with Gasteiger partial charge in [0.05, 0.1) is 18.2 Å². The molecule has 28 heavy (non-hydrogen) atoms. The maximum Gasteiger partial charge on any atom is 0.355 e. The van der Waals surface area contributed by atoms with Crippen LogP contribution in [0.15, 0.2) is 72.8 Å². The number of hydrogen-bond donors (Lipinski definition) is 1. The summed E-state index contributed by atoms with van der Waals surface area (Å²) in [7, 11) is 0. The SMILES string of the molecule is CCOC(=O)c1[nH]c2ccc(-c3ccc(C#N)cc3)cc2c1-c1ccccc1. The minimum Gasteiger partial charge on any atom is -0.461 e. The minimum atomic E-state index is -0.363. The smallest absolute Gasteiger partial charge is 0.355 e. The van der Waals surface area contributed by atoms with Crippen molar-refractivity contribution in [3.8, 4) is 28.3 Å². The van der Waals surface area contributed by atoms with Crippen molar-refractivity contribution in [2.75, 3.05) is 6.61 Å². The Kier molecular flexibility index (Phi) is 4.65. The lowest BCUT2D eigenvalue weighted by Gasteiger charge is -2.06. The van der Waals surface area contributed by atoms with Crippen LogP contribution in [0.5, 0.6) is 0 Å². The first-order valence-electron chi connectivity index (χ1n) is 9.10. The van der Waals surface area contributed by atoms with Crippen LogP contribution in [0.4, 0.5) is 0 Å². The van der Waals surface area contributed by atoms with Crippen molar-refractivity contribution >= 4 is 16.9 Å². The van der Waals surface area contributed by atoms with Crippen LogP contribution in [0.2, 0.25) is 0 Å². The van der Waals surface area contributed by atoms with Gasteiger partial charge in [0.1, 0.15) is 5.69 Å². The van der Waals surface area contributed by atoms with Crippen LogP contribution >= 0.6 is 0 Å². The van der Waals surface area contributed by atoms with Crippen LogP contribution in [-0.4, -0.2) is 17.6 Å². The first kappa shape index (κ1) is 17.6. The van der Waals surface area contributed by atoms with E-state index in [1.165, 1.54) is 0 Å². The largest absolute Gasteiger partial charge is 0.461 e. The second-order valence-corrected chi connectivity index (χ2v) is 6.41. The number of aromatic amines is 1. The van der Waals surface area contributed by atoms with Gasteiger partial charge in [0.25, 0.3) is 0 Å². The summed E-state index contributed by atoms with van der Waals surface area (Å²) in [5.41, 5.74) is 5.78. The number of benzene rings is 3.